The third-order valence-corrected chi connectivity index (χ3v) is 5.53. The van der Waals surface area contributed by atoms with Crippen LogP contribution in [0.5, 0.6) is 0 Å². The second-order valence-electron chi connectivity index (χ2n) is 5.50. The van der Waals surface area contributed by atoms with Crippen LogP contribution in [0.25, 0.3) is 0 Å². The lowest BCUT2D eigenvalue weighted by Crippen LogP contribution is -2.54. The number of benzene rings is 1. The fourth-order valence-electron chi connectivity index (χ4n) is 2.59. The van der Waals surface area contributed by atoms with Gasteiger partial charge in [0.15, 0.2) is 28.3 Å². The Kier molecular flexibility index (Phi) is 5.26. The summed E-state index contributed by atoms with van der Waals surface area (Å²) in [7, 11) is -2.39. The zero-order valence-corrected chi connectivity index (χ0v) is 14.3. The Morgan fingerprint density at radius 3 is 2.76 bits per heavy atom. The number of ether oxygens (including phenoxy) is 5. The van der Waals surface area contributed by atoms with Crippen LogP contribution in [-0.2, 0) is 33.5 Å². The molecule has 0 bridgehead atoms. The molecule has 8 nitrogen and oxygen atoms in total. The molecule has 2 aliphatic rings. The average Bonchev–Trinajstić information content (AvgIpc) is 2.62. The van der Waals surface area contributed by atoms with Crippen LogP contribution in [0.1, 0.15) is 0 Å². The van der Waals surface area contributed by atoms with Crippen LogP contribution < -0.4 is 0 Å². The Morgan fingerprint density at radius 2 is 2.04 bits per heavy atom. The summed E-state index contributed by atoms with van der Waals surface area (Å²) in [6.45, 7) is 0.116. The lowest BCUT2D eigenvalue weighted by atomic mass is 10.1. The standard InChI is InChI=1S/C16H18O8S/c1-20-16(17)23-12-7-8-21-13-9-22-14(24-15(12)13)10-25(18,19)11-5-3-2-4-6-11/h2-8,12-15H,9-10H2,1H3/t12-,13-,14?,15+/m1/s1. The van der Waals surface area contributed by atoms with Crippen LogP contribution in [0.2, 0.25) is 0 Å². The molecule has 3 rings (SSSR count). The third kappa shape index (κ3) is 4.12. The lowest BCUT2D eigenvalue weighted by Gasteiger charge is -2.40. The molecule has 1 unspecified atom stereocenters. The van der Waals surface area contributed by atoms with Gasteiger partial charge in [0, 0.05) is 0 Å². The molecule has 2 aliphatic heterocycles. The molecule has 1 aromatic rings. The van der Waals surface area contributed by atoms with Crippen molar-refractivity contribution in [3.05, 3.63) is 42.7 Å². The van der Waals surface area contributed by atoms with Crippen molar-refractivity contribution in [2.45, 2.75) is 29.5 Å². The average molecular weight is 370 g/mol. The molecule has 0 saturated carbocycles. The highest BCUT2D eigenvalue weighted by Crippen LogP contribution is 2.27. The number of hydrogen-bond donors (Lipinski definition) is 0. The van der Waals surface area contributed by atoms with Gasteiger partial charge in [-0.2, -0.15) is 0 Å². The molecule has 0 aromatic heterocycles. The molecule has 136 valence electrons. The summed E-state index contributed by atoms with van der Waals surface area (Å²) < 4.78 is 51.0. The normalized spacial score (nSPS) is 28.5. The van der Waals surface area contributed by atoms with Gasteiger partial charge in [-0.3, -0.25) is 0 Å². The van der Waals surface area contributed by atoms with Crippen molar-refractivity contribution >= 4 is 16.0 Å². The van der Waals surface area contributed by atoms with Crippen molar-refractivity contribution in [1.82, 2.24) is 0 Å². The third-order valence-electron chi connectivity index (χ3n) is 3.82. The van der Waals surface area contributed by atoms with Crippen molar-refractivity contribution in [1.29, 1.82) is 0 Å². The van der Waals surface area contributed by atoms with Crippen LogP contribution in [0.4, 0.5) is 4.79 Å². The molecular weight excluding hydrogens is 352 g/mol. The van der Waals surface area contributed by atoms with E-state index in [-0.39, 0.29) is 17.3 Å². The van der Waals surface area contributed by atoms with E-state index in [2.05, 4.69) is 4.74 Å². The first kappa shape index (κ1) is 17.7. The molecule has 25 heavy (non-hydrogen) atoms. The Balaban J connectivity index is 1.69. The van der Waals surface area contributed by atoms with Gasteiger partial charge in [-0.15, -0.1) is 0 Å². The lowest BCUT2D eigenvalue weighted by molar-refractivity contribution is -0.264. The predicted octanol–water partition coefficient (Wildman–Crippen LogP) is 1.27. The topological polar surface area (TPSA) is 97.4 Å². The highest BCUT2D eigenvalue weighted by molar-refractivity contribution is 7.91. The molecule has 0 N–H and O–H groups in total. The fraction of sp³-hybridized carbons (Fsp3) is 0.438. The number of fused-ring (bicyclic) bond motifs is 1. The maximum absolute atomic E-state index is 12.5. The van der Waals surface area contributed by atoms with Gasteiger partial charge < -0.3 is 23.7 Å². The summed E-state index contributed by atoms with van der Waals surface area (Å²) in [6, 6.07) is 8.04. The Bertz CT molecular complexity index is 730. The Morgan fingerprint density at radius 1 is 1.28 bits per heavy atom. The van der Waals surface area contributed by atoms with E-state index in [1.807, 2.05) is 0 Å². The van der Waals surface area contributed by atoms with Crippen molar-refractivity contribution in [2.24, 2.45) is 0 Å². The summed E-state index contributed by atoms with van der Waals surface area (Å²) in [6.07, 6.45) is -0.903. The minimum atomic E-state index is -3.58. The molecule has 0 amide bonds. The van der Waals surface area contributed by atoms with E-state index in [1.165, 1.54) is 31.6 Å². The summed E-state index contributed by atoms with van der Waals surface area (Å²) >= 11 is 0. The van der Waals surface area contributed by atoms with Crippen LogP contribution in [0.15, 0.2) is 47.6 Å². The largest absolute Gasteiger partial charge is 0.508 e. The molecule has 1 saturated heterocycles. The highest BCUT2D eigenvalue weighted by atomic mass is 32.2. The van der Waals surface area contributed by atoms with Gasteiger partial charge in [-0.05, 0) is 18.2 Å². The van der Waals surface area contributed by atoms with Gasteiger partial charge in [0.05, 0.1) is 24.9 Å². The van der Waals surface area contributed by atoms with Crippen molar-refractivity contribution < 1.29 is 36.9 Å². The summed E-state index contributed by atoms with van der Waals surface area (Å²) in [5, 5.41) is 0. The molecule has 2 heterocycles. The second kappa shape index (κ2) is 7.42. The minimum absolute atomic E-state index is 0.116. The van der Waals surface area contributed by atoms with Crippen LogP contribution in [0, 0.1) is 0 Å². The molecular formula is C16H18O8S. The zero-order valence-electron chi connectivity index (χ0n) is 13.4. The molecule has 0 spiro atoms. The number of carbonyl (C=O) groups excluding carboxylic acids is 1. The number of sulfone groups is 1. The number of rotatable bonds is 4. The van der Waals surface area contributed by atoms with Gasteiger partial charge in [0.1, 0.15) is 11.9 Å². The van der Waals surface area contributed by atoms with Gasteiger partial charge in [-0.25, -0.2) is 13.2 Å². The predicted molar refractivity (Wildman–Crippen MR) is 84.4 cm³/mol. The molecule has 9 heteroatoms. The van der Waals surface area contributed by atoms with Gasteiger partial charge in [-0.1, -0.05) is 18.2 Å². The minimum Gasteiger partial charge on any atom is -0.493 e. The van der Waals surface area contributed by atoms with Gasteiger partial charge in [0.25, 0.3) is 0 Å². The number of carbonyl (C=O) groups is 1. The molecule has 1 aromatic carbocycles. The van der Waals surface area contributed by atoms with E-state index in [0.717, 1.165) is 0 Å². The van der Waals surface area contributed by atoms with Crippen LogP contribution in [-0.4, -0.2) is 58.6 Å². The first-order valence-corrected chi connectivity index (χ1v) is 9.26. The van der Waals surface area contributed by atoms with E-state index in [0.29, 0.717) is 0 Å². The summed E-state index contributed by atoms with van der Waals surface area (Å²) in [5.74, 6) is -0.352. The molecule has 4 atom stereocenters. The first-order valence-electron chi connectivity index (χ1n) is 7.61. The fourth-order valence-corrected chi connectivity index (χ4v) is 3.89. The molecule has 0 aliphatic carbocycles. The van der Waals surface area contributed by atoms with E-state index in [4.69, 9.17) is 18.9 Å². The van der Waals surface area contributed by atoms with E-state index < -0.39 is 40.6 Å². The van der Waals surface area contributed by atoms with Crippen molar-refractivity contribution in [3.63, 3.8) is 0 Å². The van der Waals surface area contributed by atoms with Crippen LogP contribution in [0.3, 0.4) is 0 Å². The Labute approximate surface area is 145 Å². The van der Waals surface area contributed by atoms with Crippen molar-refractivity contribution in [2.75, 3.05) is 19.5 Å². The number of hydrogen-bond acceptors (Lipinski definition) is 8. The maximum Gasteiger partial charge on any atom is 0.508 e. The Hall–Kier alpha value is -2.10. The van der Waals surface area contributed by atoms with E-state index in [1.54, 1.807) is 18.2 Å². The zero-order chi connectivity index (χ0) is 17.9. The van der Waals surface area contributed by atoms with Crippen molar-refractivity contribution in [3.8, 4) is 0 Å². The molecule has 0 radical (unpaired) electrons. The SMILES string of the molecule is COC(=O)O[C@@H]1C=CO[C@@H]2COC(CS(=O)(=O)c3ccccc3)O[C@@H]12. The van der Waals surface area contributed by atoms with Gasteiger partial charge >= 0.3 is 6.16 Å². The summed E-state index contributed by atoms with van der Waals surface area (Å²) in [4.78, 5) is 11.5. The highest BCUT2D eigenvalue weighted by Gasteiger charge is 2.43. The maximum atomic E-state index is 12.5. The monoisotopic (exact) mass is 370 g/mol. The summed E-state index contributed by atoms with van der Waals surface area (Å²) in [5.41, 5.74) is 0. The quantitative estimate of drug-likeness (QED) is 0.731. The van der Waals surface area contributed by atoms with Gasteiger partial charge in [0.2, 0.25) is 0 Å². The van der Waals surface area contributed by atoms with E-state index >= 15 is 0 Å². The first-order chi connectivity index (χ1) is 12.0. The van der Waals surface area contributed by atoms with E-state index in [9.17, 15) is 13.2 Å². The molecule has 1 fully saturated rings. The smallest absolute Gasteiger partial charge is 0.493 e. The second-order valence-corrected chi connectivity index (χ2v) is 7.53. The number of methoxy groups -OCH3 is 1. The van der Waals surface area contributed by atoms with Crippen LogP contribution >= 0.6 is 0 Å².